The molecule has 94 valence electrons. The molecular weight excluding hydrogens is 250 g/mol. The molecule has 0 spiro atoms. The summed E-state index contributed by atoms with van der Waals surface area (Å²) in [5.41, 5.74) is 0.914. The van der Waals surface area contributed by atoms with Crippen molar-refractivity contribution >= 4 is 11.6 Å². The quantitative estimate of drug-likeness (QED) is 0.901. The Balaban J connectivity index is 1.62. The average molecular weight is 264 g/mol. The zero-order valence-electron chi connectivity index (χ0n) is 9.90. The van der Waals surface area contributed by atoms with Crippen LogP contribution in [0.1, 0.15) is 18.7 Å². The Morgan fingerprint density at radius 3 is 2.78 bits per heavy atom. The van der Waals surface area contributed by atoms with Crippen LogP contribution in [0.4, 0.5) is 0 Å². The smallest absolute Gasteiger partial charge is 0.240 e. The maximum absolute atomic E-state index is 5.83. The molecule has 0 radical (unpaired) electrons. The third kappa shape index (κ3) is 2.89. The van der Waals surface area contributed by atoms with Gasteiger partial charge < -0.3 is 9.84 Å². The van der Waals surface area contributed by atoms with Gasteiger partial charge in [0.15, 0.2) is 0 Å². The lowest BCUT2D eigenvalue weighted by Crippen LogP contribution is -2.16. The second-order valence-corrected chi connectivity index (χ2v) is 5.03. The van der Waals surface area contributed by atoms with E-state index in [1.54, 1.807) is 0 Å². The highest BCUT2D eigenvalue weighted by Gasteiger charge is 2.20. The third-order valence-corrected chi connectivity index (χ3v) is 3.23. The first-order valence-corrected chi connectivity index (χ1v) is 6.48. The maximum Gasteiger partial charge on any atom is 0.240 e. The molecule has 5 heteroatoms. The molecule has 1 aromatic heterocycles. The molecule has 1 saturated carbocycles. The van der Waals surface area contributed by atoms with Crippen molar-refractivity contribution in [2.24, 2.45) is 5.92 Å². The van der Waals surface area contributed by atoms with E-state index in [1.165, 1.54) is 12.8 Å². The van der Waals surface area contributed by atoms with E-state index in [2.05, 4.69) is 15.5 Å². The lowest BCUT2D eigenvalue weighted by molar-refractivity contribution is 0.367. The number of nitrogens with zero attached hydrogens (tertiary/aromatic N) is 2. The zero-order chi connectivity index (χ0) is 12.4. The van der Waals surface area contributed by atoms with E-state index >= 15 is 0 Å². The van der Waals surface area contributed by atoms with E-state index in [1.807, 2.05) is 24.3 Å². The van der Waals surface area contributed by atoms with Gasteiger partial charge in [0.05, 0.1) is 6.54 Å². The Hall–Kier alpha value is -1.39. The summed E-state index contributed by atoms with van der Waals surface area (Å²) in [6, 6.07) is 7.40. The Morgan fingerprint density at radius 1 is 1.28 bits per heavy atom. The molecule has 18 heavy (non-hydrogen) atoms. The fraction of sp³-hybridized carbons (Fsp3) is 0.385. The molecule has 0 bridgehead atoms. The van der Waals surface area contributed by atoms with E-state index in [0.717, 1.165) is 18.0 Å². The Morgan fingerprint density at radius 2 is 2.06 bits per heavy atom. The van der Waals surface area contributed by atoms with Gasteiger partial charge in [0.1, 0.15) is 0 Å². The molecule has 0 aliphatic heterocycles. The van der Waals surface area contributed by atoms with Gasteiger partial charge in [0.25, 0.3) is 0 Å². The second-order valence-electron chi connectivity index (χ2n) is 4.59. The highest BCUT2D eigenvalue weighted by molar-refractivity contribution is 6.30. The first-order valence-electron chi connectivity index (χ1n) is 6.10. The van der Waals surface area contributed by atoms with Crippen LogP contribution in [-0.4, -0.2) is 16.7 Å². The van der Waals surface area contributed by atoms with E-state index in [9.17, 15) is 0 Å². The minimum atomic E-state index is 0.606. The lowest BCUT2D eigenvalue weighted by atomic mass is 10.2. The minimum Gasteiger partial charge on any atom is -0.338 e. The van der Waals surface area contributed by atoms with Crippen molar-refractivity contribution in [3.8, 4) is 11.4 Å². The molecular formula is C13H14ClN3O. The molecule has 0 atom stereocenters. The normalized spacial score (nSPS) is 14.9. The first-order chi connectivity index (χ1) is 8.81. The summed E-state index contributed by atoms with van der Waals surface area (Å²) < 4.78 is 5.19. The summed E-state index contributed by atoms with van der Waals surface area (Å²) in [4.78, 5) is 4.34. The molecule has 1 fully saturated rings. The van der Waals surface area contributed by atoms with E-state index < -0.39 is 0 Å². The molecule has 1 aliphatic carbocycles. The van der Waals surface area contributed by atoms with Gasteiger partial charge in [-0.2, -0.15) is 4.98 Å². The number of benzene rings is 1. The largest absolute Gasteiger partial charge is 0.338 e. The highest BCUT2D eigenvalue weighted by atomic mass is 35.5. The SMILES string of the molecule is Clc1ccc(-c2noc(CNCC3CC3)n2)cc1. The molecule has 1 N–H and O–H groups in total. The van der Waals surface area contributed by atoms with Crippen molar-refractivity contribution in [1.29, 1.82) is 0 Å². The summed E-state index contributed by atoms with van der Waals surface area (Å²) in [6.45, 7) is 1.68. The van der Waals surface area contributed by atoms with Crippen LogP contribution in [0.3, 0.4) is 0 Å². The number of nitrogens with one attached hydrogen (secondary N) is 1. The van der Waals surface area contributed by atoms with Crippen LogP contribution in [-0.2, 0) is 6.54 Å². The second kappa shape index (κ2) is 5.08. The molecule has 0 saturated heterocycles. The summed E-state index contributed by atoms with van der Waals surface area (Å²) in [5, 5.41) is 7.98. The predicted octanol–water partition coefficient (Wildman–Crippen LogP) is 2.89. The van der Waals surface area contributed by atoms with Crippen molar-refractivity contribution in [2.45, 2.75) is 19.4 Å². The summed E-state index contributed by atoms with van der Waals surface area (Å²) >= 11 is 5.83. The lowest BCUT2D eigenvalue weighted by Gasteiger charge is -1.97. The van der Waals surface area contributed by atoms with Gasteiger partial charge in [0, 0.05) is 10.6 Å². The predicted molar refractivity (Wildman–Crippen MR) is 69.2 cm³/mol. The van der Waals surface area contributed by atoms with Gasteiger partial charge in [-0.05, 0) is 49.6 Å². The van der Waals surface area contributed by atoms with Crippen molar-refractivity contribution in [3.63, 3.8) is 0 Å². The molecule has 4 nitrogen and oxygen atoms in total. The van der Waals surface area contributed by atoms with Crippen molar-refractivity contribution in [3.05, 3.63) is 35.2 Å². The monoisotopic (exact) mass is 263 g/mol. The van der Waals surface area contributed by atoms with Crippen LogP contribution < -0.4 is 5.32 Å². The van der Waals surface area contributed by atoms with E-state index in [0.29, 0.717) is 23.3 Å². The van der Waals surface area contributed by atoms with Crippen molar-refractivity contribution < 1.29 is 4.52 Å². The van der Waals surface area contributed by atoms with Crippen LogP contribution in [0, 0.1) is 5.92 Å². The molecule has 0 unspecified atom stereocenters. The summed E-state index contributed by atoms with van der Waals surface area (Å²) in [6.07, 6.45) is 2.68. The Labute approximate surface area is 110 Å². The van der Waals surface area contributed by atoms with Gasteiger partial charge in [-0.1, -0.05) is 16.8 Å². The number of hydrogen-bond acceptors (Lipinski definition) is 4. The van der Waals surface area contributed by atoms with Crippen molar-refractivity contribution in [1.82, 2.24) is 15.5 Å². The van der Waals surface area contributed by atoms with Gasteiger partial charge in [0.2, 0.25) is 11.7 Å². The molecule has 0 amide bonds. The topological polar surface area (TPSA) is 51.0 Å². The van der Waals surface area contributed by atoms with Crippen LogP contribution in [0.5, 0.6) is 0 Å². The number of rotatable bonds is 5. The maximum atomic E-state index is 5.83. The van der Waals surface area contributed by atoms with Gasteiger partial charge in [-0.15, -0.1) is 0 Å². The fourth-order valence-electron chi connectivity index (χ4n) is 1.75. The molecule has 1 aromatic carbocycles. The van der Waals surface area contributed by atoms with Crippen LogP contribution in [0.2, 0.25) is 5.02 Å². The van der Waals surface area contributed by atoms with E-state index in [-0.39, 0.29) is 0 Å². The number of hydrogen-bond donors (Lipinski definition) is 1. The standard InChI is InChI=1S/C13H14ClN3O/c14-11-5-3-10(4-6-11)13-16-12(18-17-13)8-15-7-9-1-2-9/h3-6,9,15H,1-2,7-8H2. The fourth-order valence-corrected chi connectivity index (χ4v) is 1.87. The van der Waals surface area contributed by atoms with Crippen LogP contribution in [0.25, 0.3) is 11.4 Å². The van der Waals surface area contributed by atoms with Gasteiger partial charge in [-0.25, -0.2) is 0 Å². The first kappa shape index (κ1) is 11.7. The summed E-state index contributed by atoms with van der Waals surface area (Å²) in [7, 11) is 0. The van der Waals surface area contributed by atoms with E-state index in [4.69, 9.17) is 16.1 Å². The minimum absolute atomic E-state index is 0.606. The zero-order valence-corrected chi connectivity index (χ0v) is 10.7. The highest BCUT2D eigenvalue weighted by Crippen LogP contribution is 2.27. The van der Waals surface area contributed by atoms with Crippen molar-refractivity contribution in [2.75, 3.05) is 6.54 Å². The van der Waals surface area contributed by atoms with Gasteiger partial charge in [-0.3, -0.25) is 0 Å². The van der Waals surface area contributed by atoms with Gasteiger partial charge >= 0.3 is 0 Å². The number of halogens is 1. The van der Waals surface area contributed by atoms with Crippen LogP contribution >= 0.6 is 11.6 Å². The van der Waals surface area contributed by atoms with Crippen LogP contribution in [0.15, 0.2) is 28.8 Å². The number of aromatic nitrogens is 2. The molecule has 2 aromatic rings. The molecule has 3 rings (SSSR count). The summed E-state index contributed by atoms with van der Waals surface area (Å²) in [5.74, 6) is 2.08. The average Bonchev–Trinajstić information content (AvgIpc) is 3.08. The third-order valence-electron chi connectivity index (χ3n) is 2.98. The molecule has 1 aliphatic rings. The Kier molecular flexibility index (Phi) is 3.30. The Bertz CT molecular complexity index is 519. The molecule has 1 heterocycles.